The number of nitrogens with two attached hydrogens (primary N) is 1. The van der Waals surface area contributed by atoms with Crippen molar-refractivity contribution in [1.82, 2.24) is 5.32 Å². The molecule has 0 aliphatic heterocycles. The Labute approximate surface area is 104 Å². The van der Waals surface area contributed by atoms with Gasteiger partial charge in [-0.15, -0.1) is 12.4 Å². The van der Waals surface area contributed by atoms with Crippen LogP contribution in [-0.4, -0.2) is 31.2 Å². The van der Waals surface area contributed by atoms with Crippen molar-refractivity contribution in [3.8, 4) is 0 Å². The third kappa shape index (κ3) is 4.68. The van der Waals surface area contributed by atoms with Crippen LogP contribution in [0.4, 0.5) is 0 Å². The maximum atomic E-state index is 11.6. The van der Waals surface area contributed by atoms with Crippen molar-refractivity contribution in [3.05, 3.63) is 0 Å². The Morgan fingerprint density at radius 1 is 1.44 bits per heavy atom. The number of hydrogen-bond donors (Lipinski definition) is 2. The number of nitrogens with one attached hydrogen (secondary N) is 1. The molecule has 0 saturated heterocycles. The molecule has 0 spiro atoms. The van der Waals surface area contributed by atoms with Gasteiger partial charge in [0.2, 0.25) is 5.91 Å². The number of carbonyl (C=O) groups excluding carboxylic acids is 1. The van der Waals surface area contributed by atoms with Gasteiger partial charge in [-0.2, -0.15) is 0 Å². The summed E-state index contributed by atoms with van der Waals surface area (Å²) in [6.07, 6.45) is 4.81. The normalized spacial score (nSPS) is 17.9. The molecule has 3 N–H and O–H groups in total. The van der Waals surface area contributed by atoms with E-state index in [0.717, 1.165) is 12.8 Å². The lowest BCUT2D eigenvalue weighted by atomic mass is 9.98. The molecule has 1 fully saturated rings. The number of halogens is 1. The predicted octanol–water partition coefficient (Wildman–Crippen LogP) is 1.22. The number of amides is 1. The summed E-state index contributed by atoms with van der Waals surface area (Å²) in [4.78, 5) is 11.6. The highest BCUT2D eigenvalue weighted by molar-refractivity contribution is 5.85. The first-order chi connectivity index (χ1) is 7.22. The summed E-state index contributed by atoms with van der Waals surface area (Å²) in [5.74, 6) is 0.0656. The third-order valence-electron chi connectivity index (χ3n) is 3.03. The number of rotatable bonds is 6. The molecule has 5 heteroatoms. The van der Waals surface area contributed by atoms with Crippen molar-refractivity contribution >= 4 is 18.3 Å². The molecule has 0 atom stereocenters. The van der Waals surface area contributed by atoms with Gasteiger partial charge in [-0.25, -0.2) is 0 Å². The van der Waals surface area contributed by atoms with E-state index in [1.54, 1.807) is 0 Å². The van der Waals surface area contributed by atoms with Crippen molar-refractivity contribution in [2.45, 2.75) is 44.6 Å². The van der Waals surface area contributed by atoms with Gasteiger partial charge in [0.1, 0.15) is 0 Å². The average molecular weight is 251 g/mol. The van der Waals surface area contributed by atoms with Crippen LogP contribution in [0.1, 0.15) is 39.0 Å². The maximum absolute atomic E-state index is 11.6. The second-order valence-corrected chi connectivity index (χ2v) is 4.19. The van der Waals surface area contributed by atoms with Gasteiger partial charge in [0.05, 0.1) is 12.1 Å². The van der Waals surface area contributed by atoms with Crippen LogP contribution >= 0.6 is 12.4 Å². The molecule has 0 aromatic heterocycles. The molecule has 16 heavy (non-hydrogen) atoms. The molecule has 4 nitrogen and oxygen atoms in total. The van der Waals surface area contributed by atoms with Crippen LogP contribution in [0.5, 0.6) is 0 Å². The highest BCUT2D eigenvalue weighted by atomic mass is 35.5. The zero-order chi connectivity index (χ0) is 11.1. The fourth-order valence-corrected chi connectivity index (χ4v) is 2.10. The molecule has 0 bridgehead atoms. The molecule has 1 aliphatic carbocycles. The van der Waals surface area contributed by atoms with E-state index in [9.17, 15) is 4.79 Å². The van der Waals surface area contributed by atoms with Crippen molar-refractivity contribution in [1.29, 1.82) is 0 Å². The summed E-state index contributed by atoms with van der Waals surface area (Å²) < 4.78 is 5.14. The van der Waals surface area contributed by atoms with Crippen LogP contribution in [0.3, 0.4) is 0 Å². The lowest BCUT2D eigenvalue weighted by Crippen LogP contribution is -2.51. The van der Waals surface area contributed by atoms with Gasteiger partial charge in [0.25, 0.3) is 0 Å². The molecule has 1 amide bonds. The van der Waals surface area contributed by atoms with Gasteiger partial charge in [-0.1, -0.05) is 12.8 Å². The van der Waals surface area contributed by atoms with Crippen molar-refractivity contribution in [2.75, 3.05) is 19.8 Å². The fraction of sp³-hybridized carbons (Fsp3) is 0.909. The zero-order valence-corrected chi connectivity index (χ0v) is 10.8. The van der Waals surface area contributed by atoms with Crippen molar-refractivity contribution in [2.24, 2.45) is 5.73 Å². The molecule has 0 aromatic carbocycles. The minimum atomic E-state index is -0.122. The van der Waals surface area contributed by atoms with Gasteiger partial charge in [-0.05, 0) is 19.8 Å². The summed E-state index contributed by atoms with van der Waals surface area (Å²) in [6.45, 7) is 3.64. The molecule has 0 aromatic rings. The molecule has 0 heterocycles. The summed E-state index contributed by atoms with van der Waals surface area (Å²) in [7, 11) is 0. The highest BCUT2D eigenvalue weighted by Crippen LogP contribution is 2.28. The molecule has 1 aliphatic rings. The Hall–Kier alpha value is -0.320. The Bertz CT molecular complexity index is 206. The van der Waals surface area contributed by atoms with E-state index in [4.69, 9.17) is 10.5 Å². The van der Waals surface area contributed by atoms with Crippen molar-refractivity contribution < 1.29 is 9.53 Å². The molecule has 0 unspecified atom stereocenters. The highest BCUT2D eigenvalue weighted by Gasteiger charge is 2.33. The average Bonchev–Trinajstić information content (AvgIpc) is 2.67. The van der Waals surface area contributed by atoms with E-state index in [-0.39, 0.29) is 23.9 Å². The molecule has 1 saturated carbocycles. The monoisotopic (exact) mass is 250 g/mol. The molecular weight excluding hydrogens is 228 g/mol. The first kappa shape index (κ1) is 15.7. The first-order valence-corrected chi connectivity index (χ1v) is 5.81. The van der Waals surface area contributed by atoms with Gasteiger partial charge >= 0.3 is 0 Å². The Morgan fingerprint density at radius 3 is 2.56 bits per heavy atom. The van der Waals surface area contributed by atoms with E-state index in [0.29, 0.717) is 26.2 Å². The van der Waals surface area contributed by atoms with E-state index in [1.165, 1.54) is 12.8 Å². The lowest BCUT2D eigenvalue weighted by molar-refractivity contribution is -0.123. The smallest absolute Gasteiger partial charge is 0.222 e. The third-order valence-corrected chi connectivity index (χ3v) is 3.03. The lowest BCUT2D eigenvalue weighted by Gasteiger charge is -2.28. The zero-order valence-electron chi connectivity index (χ0n) is 9.96. The van der Waals surface area contributed by atoms with E-state index in [2.05, 4.69) is 5.32 Å². The second kappa shape index (κ2) is 7.87. The van der Waals surface area contributed by atoms with Crippen LogP contribution in [0, 0.1) is 0 Å². The SMILES string of the molecule is CCOCCC(=O)NC1(CN)CCCC1.Cl. The summed E-state index contributed by atoms with van der Waals surface area (Å²) in [5.41, 5.74) is 5.60. The quantitative estimate of drug-likeness (QED) is 0.697. The van der Waals surface area contributed by atoms with E-state index in [1.807, 2.05) is 6.92 Å². The largest absolute Gasteiger partial charge is 0.381 e. The van der Waals surface area contributed by atoms with Crippen molar-refractivity contribution in [3.63, 3.8) is 0 Å². The summed E-state index contributed by atoms with van der Waals surface area (Å²) >= 11 is 0. The Balaban J connectivity index is 0.00000225. The minimum Gasteiger partial charge on any atom is -0.381 e. The van der Waals surface area contributed by atoms with Crippen LogP contribution in [0.15, 0.2) is 0 Å². The van der Waals surface area contributed by atoms with Gasteiger partial charge in [0.15, 0.2) is 0 Å². The van der Waals surface area contributed by atoms with Crippen LogP contribution in [0.25, 0.3) is 0 Å². The molecule has 1 rings (SSSR count). The topological polar surface area (TPSA) is 64.3 Å². The number of carbonyl (C=O) groups is 1. The van der Waals surface area contributed by atoms with Gasteiger partial charge in [0, 0.05) is 19.6 Å². The number of hydrogen-bond acceptors (Lipinski definition) is 3. The van der Waals surface area contributed by atoms with E-state index >= 15 is 0 Å². The fourth-order valence-electron chi connectivity index (χ4n) is 2.10. The first-order valence-electron chi connectivity index (χ1n) is 5.81. The summed E-state index contributed by atoms with van der Waals surface area (Å²) in [5, 5.41) is 3.06. The molecule has 96 valence electrons. The molecule has 0 radical (unpaired) electrons. The van der Waals surface area contributed by atoms with Crippen LogP contribution in [-0.2, 0) is 9.53 Å². The van der Waals surface area contributed by atoms with E-state index < -0.39 is 0 Å². The second-order valence-electron chi connectivity index (χ2n) is 4.19. The van der Waals surface area contributed by atoms with Crippen LogP contribution < -0.4 is 11.1 Å². The minimum absolute atomic E-state index is 0. The van der Waals surface area contributed by atoms with Crippen LogP contribution in [0.2, 0.25) is 0 Å². The van der Waals surface area contributed by atoms with Gasteiger partial charge < -0.3 is 15.8 Å². The Morgan fingerprint density at radius 2 is 2.06 bits per heavy atom. The standard InChI is InChI=1S/C11H22N2O2.ClH/c1-2-15-8-5-10(14)13-11(9-12)6-3-4-7-11;/h2-9,12H2,1H3,(H,13,14);1H. The maximum Gasteiger partial charge on any atom is 0.222 e. The molecular formula is C11H23ClN2O2. The number of ether oxygens (including phenoxy) is 1. The van der Waals surface area contributed by atoms with Gasteiger partial charge in [-0.3, -0.25) is 4.79 Å². The predicted molar refractivity (Wildman–Crippen MR) is 66.8 cm³/mol. The Kier molecular flexibility index (Phi) is 7.72. The summed E-state index contributed by atoms with van der Waals surface area (Å²) in [6, 6.07) is 0.